The molecule has 1 aromatic rings. The Bertz CT molecular complexity index is 486. The summed E-state index contributed by atoms with van der Waals surface area (Å²) in [4.78, 5) is 2.48. The summed E-state index contributed by atoms with van der Waals surface area (Å²) in [6, 6.07) is 6.50. The van der Waals surface area contributed by atoms with Crippen LogP contribution >= 0.6 is 0 Å². The minimum absolute atomic E-state index is 0.181. The van der Waals surface area contributed by atoms with Gasteiger partial charge in [-0.15, -0.1) is 13.2 Å². The number of rotatable bonds is 4. The first-order chi connectivity index (χ1) is 10.6. The lowest BCUT2D eigenvalue weighted by Crippen LogP contribution is -2.49. The number of ether oxygens (including phenoxy) is 1. The molecule has 1 heterocycles. The molecule has 0 radical (unpaired) electrons. The van der Waals surface area contributed by atoms with Gasteiger partial charge in [-0.25, -0.2) is 0 Å². The Labute approximate surface area is 135 Å². The van der Waals surface area contributed by atoms with E-state index in [0.29, 0.717) is 12.6 Å². The van der Waals surface area contributed by atoms with Crippen molar-refractivity contribution in [1.82, 2.24) is 10.2 Å². The summed E-state index contributed by atoms with van der Waals surface area (Å²) < 4.78 is 40.2. The van der Waals surface area contributed by atoms with Crippen molar-refractivity contribution in [2.24, 2.45) is 0 Å². The van der Waals surface area contributed by atoms with Gasteiger partial charge in [-0.05, 0) is 51.3 Å². The highest BCUT2D eigenvalue weighted by Crippen LogP contribution is 2.23. The van der Waals surface area contributed by atoms with E-state index < -0.39 is 6.36 Å². The standard InChI is InChI=1S/C17H25F3N2O/c1-16(2,3)22-10-8-14(9-11-22)21-12-13-4-6-15(7-5-13)23-17(18,19)20/h4-7,14,21H,8-12H2,1-3H3. The van der Waals surface area contributed by atoms with Gasteiger partial charge in [0.25, 0.3) is 0 Å². The lowest BCUT2D eigenvalue weighted by molar-refractivity contribution is -0.274. The molecule has 3 nitrogen and oxygen atoms in total. The van der Waals surface area contributed by atoms with Crippen LogP contribution in [0.3, 0.4) is 0 Å². The molecule has 2 rings (SSSR count). The SMILES string of the molecule is CC(C)(C)N1CCC(NCc2ccc(OC(F)(F)F)cc2)CC1. The monoisotopic (exact) mass is 330 g/mol. The number of hydrogen-bond acceptors (Lipinski definition) is 3. The predicted molar refractivity (Wildman–Crippen MR) is 84.3 cm³/mol. The second-order valence-corrected chi connectivity index (χ2v) is 7.00. The van der Waals surface area contributed by atoms with Gasteiger partial charge < -0.3 is 10.1 Å². The van der Waals surface area contributed by atoms with Crippen molar-refractivity contribution in [3.8, 4) is 5.75 Å². The van der Waals surface area contributed by atoms with Gasteiger partial charge in [0.15, 0.2) is 0 Å². The molecule has 1 saturated heterocycles. The minimum Gasteiger partial charge on any atom is -0.406 e. The third-order valence-corrected chi connectivity index (χ3v) is 4.20. The average Bonchev–Trinajstić information content (AvgIpc) is 2.44. The number of hydrogen-bond donors (Lipinski definition) is 1. The molecule has 0 spiro atoms. The normalized spacial score (nSPS) is 18.2. The molecular formula is C17H25F3N2O. The number of nitrogens with zero attached hydrogens (tertiary/aromatic N) is 1. The predicted octanol–water partition coefficient (Wildman–Crippen LogP) is 3.94. The van der Waals surface area contributed by atoms with E-state index in [1.807, 2.05) is 0 Å². The highest BCUT2D eigenvalue weighted by Gasteiger charge is 2.31. The molecule has 0 bridgehead atoms. The van der Waals surface area contributed by atoms with Gasteiger partial charge in [-0.1, -0.05) is 12.1 Å². The highest BCUT2D eigenvalue weighted by atomic mass is 19.4. The van der Waals surface area contributed by atoms with Gasteiger partial charge in [-0.3, -0.25) is 4.90 Å². The van der Waals surface area contributed by atoms with Crippen LogP contribution in [0.4, 0.5) is 13.2 Å². The van der Waals surface area contributed by atoms with Crippen molar-refractivity contribution < 1.29 is 17.9 Å². The van der Waals surface area contributed by atoms with Crippen LogP contribution in [0, 0.1) is 0 Å². The van der Waals surface area contributed by atoms with Crippen LogP contribution in [-0.4, -0.2) is 35.9 Å². The second kappa shape index (κ2) is 7.09. The number of alkyl halides is 3. The van der Waals surface area contributed by atoms with Crippen molar-refractivity contribution in [2.45, 2.75) is 58.1 Å². The summed E-state index contributed by atoms with van der Waals surface area (Å²) in [7, 11) is 0. The Morgan fingerprint density at radius 1 is 1.09 bits per heavy atom. The van der Waals surface area contributed by atoms with Gasteiger partial charge in [0, 0.05) is 31.2 Å². The summed E-state index contributed by atoms with van der Waals surface area (Å²) in [5, 5.41) is 3.49. The quantitative estimate of drug-likeness (QED) is 0.905. The molecule has 130 valence electrons. The molecule has 6 heteroatoms. The molecule has 0 unspecified atom stereocenters. The smallest absolute Gasteiger partial charge is 0.406 e. The number of benzene rings is 1. The van der Waals surface area contributed by atoms with Crippen LogP contribution in [-0.2, 0) is 6.54 Å². The first-order valence-electron chi connectivity index (χ1n) is 7.96. The summed E-state index contributed by atoms with van der Waals surface area (Å²) in [6.07, 6.45) is -2.46. The third-order valence-electron chi connectivity index (χ3n) is 4.20. The number of piperidine rings is 1. The Morgan fingerprint density at radius 2 is 1.65 bits per heavy atom. The molecule has 1 aromatic carbocycles. The van der Waals surface area contributed by atoms with Crippen molar-refractivity contribution >= 4 is 0 Å². The van der Waals surface area contributed by atoms with Crippen molar-refractivity contribution in [3.05, 3.63) is 29.8 Å². The maximum Gasteiger partial charge on any atom is 0.573 e. The first-order valence-corrected chi connectivity index (χ1v) is 7.96. The molecule has 0 aliphatic carbocycles. The average molecular weight is 330 g/mol. The van der Waals surface area contributed by atoms with Crippen molar-refractivity contribution in [3.63, 3.8) is 0 Å². The Morgan fingerprint density at radius 3 is 2.13 bits per heavy atom. The van der Waals surface area contributed by atoms with E-state index in [1.165, 1.54) is 12.1 Å². The molecule has 1 fully saturated rings. The van der Waals surface area contributed by atoms with Crippen LogP contribution in [0.5, 0.6) is 5.75 Å². The van der Waals surface area contributed by atoms with Gasteiger partial charge in [0.2, 0.25) is 0 Å². The van der Waals surface area contributed by atoms with Gasteiger partial charge in [0.1, 0.15) is 5.75 Å². The topological polar surface area (TPSA) is 24.5 Å². The zero-order chi connectivity index (χ0) is 17.1. The van der Waals surface area contributed by atoms with E-state index >= 15 is 0 Å². The zero-order valence-corrected chi connectivity index (χ0v) is 13.9. The van der Waals surface area contributed by atoms with E-state index in [4.69, 9.17) is 0 Å². The fourth-order valence-corrected chi connectivity index (χ4v) is 2.83. The number of likely N-dealkylation sites (tertiary alicyclic amines) is 1. The van der Waals surface area contributed by atoms with Crippen LogP contribution < -0.4 is 10.1 Å². The third kappa shape index (κ3) is 6.03. The Balaban J connectivity index is 1.77. The summed E-state index contributed by atoms with van der Waals surface area (Å²) in [5.74, 6) is -0.181. The van der Waals surface area contributed by atoms with E-state index in [2.05, 4.69) is 35.7 Å². The molecule has 1 aliphatic rings. The fourth-order valence-electron chi connectivity index (χ4n) is 2.83. The largest absolute Gasteiger partial charge is 0.573 e. The zero-order valence-electron chi connectivity index (χ0n) is 13.9. The Kier molecular flexibility index (Phi) is 5.57. The van der Waals surface area contributed by atoms with E-state index in [-0.39, 0.29) is 11.3 Å². The molecule has 1 N–H and O–H groups in total. The number of nitrogens with one attached hydrogen (secondary N) is 1. The molecule has 0 aromatic heterocycles. The molecule has 23 heavy (non-hydrogen) atoms. The van der Waals surface area contributed by atoms with E-state index in [0.717, 1.165) is 31.5 Å². The highest BCUT2D eigenvalue weighted by molar-refractivity contribution is 5.27. The van der Waals surface area contributed by atoms with E-state index in [9.17, 15) is 13.2 Å². The summed E-state index contributed by atoms with van der Waals surface area (Å²) in [6.45, 7) is 9.48. The summed E-state index contributed by atoms with van der Waals surface area (Å²) in [5.41, 5.74) is 1.16. The minimum atomic E-state index is -4.64. The Hall–Kier alpha value is -1.27. The van der Waals surface area contributed by atoms with Crippen LogP contribution in [0.1, 0.15) is 39.2 Å². The van der Waals surface area contributed by atoms with Crippen molar-refractivity contribution in [2.75, 3.05) is 13.1 Å². The second-order valence-electron chi connectivity index (χ2n) is 7.00. The van der Waals surface area contributed by atoms with E-state index in [1.54, 1.807) is 12.1 Å². The van der Waals surface area contributed by atoms with Crippen LogP contribution in [0.25, 0.3) is 0 Å². The molecule has 0 amide bonds. The van der Waals surface area contributed by atoms with Gasteiger partial charge >= 0.3 is 6.36 Å². The molecule has 0 atom stereocenters. The lowest BCUT2D eigenvalue weighted by Gasteiger charge is -2.41. The molecular weight excluding hydrogens is 305 g/mol. The van der Waals surface area contributed by atoms with Crippen LogP contribution in [0.2, 0.25) is 0 Å². The number of halogens is 3. The van der Waals surface area contributed by atoms with Crippen molar-refractivity contribution in [1.29, 1.82) is 0 Å². The lowest BCUT2D eigenvalue weighted by atomic mass is 9.98. The molecule has 0 saturated carbocycles. The van der Waals surface area contributed by atoms with Crippen LogP contribution in [0.15, 0.2) is 24.3 Å². The fraction of sp³-hybridized carbons (Fsp3) is 0.647. The van der Waals surface area contributed by atoms with Gasteiger partial charge in [0.05, 0.1) is 0 Å². The molecule has 1 aliphatic heterocycles. The summed E-state index contributed by atoms with van der Waals surface area (Å²) >= 11 is 0. The first kappa shape index (κ1) is 18.1. The maximum absolute atomic E-state index is 12.1. The maximum atomic E-state index is 12.1. The van der Waals surface area contributed by atoms with Gasteiger partial charge in [-0.2, -0.15) is 0 Å².